The number of ether oxygens (including phenoxy) is 14. The monoisotopic (exact) mass is 2070 g/mol. The quantitative estimate of drug-likeness (QED) is 0.0585. The van der Waals surface area contributed by atoms with Gasteiger partial charge in [0.1, 0.15) is 42.7 Å². The van der Waals surface area contributed by atoms with Crippen LogP contribution in [0.4, 0.5) is 0 Å². The van der Waals surface area contributed by atoms with E-state index in [0.29, 0.717) is 177 Å². The first-order chi connectivity index (χ1) is 69.9. The molecule has 824 valence electrons. The van der Waals surface area contributed by atoms with Crippen LogP contribution in [0, 0.1) is 213 Å². The second kappa shape index (κ2) is 40.1. The average Bonchev–Trinajstić information content (AvgIpc) is 1.51. The number of hydrogen-bond donors (Lipinski definition) is 0. The summed E-state index contributed by atoms with van der Waals surface area (Å²) in [6.07, 6.45) is 32.8. The summed E-state index contributed by atoms with van der Waals surface area (Å²) in [6, 6.07) is 0. The second-order valence-electron chi connectivity index (χ2n) is 55.9. The Hall–Kier alpha value is -7.42. The van der Waals surface area contributed by atoms with Crippen molar-refractivity contribution in [1.29, 1.82) is 0 Å². The zero-order valence-electron chi connectivity index (χ0n) is 92.6. The summed E-state index contributed by atoms with van der Waals surface area (Å²) in [4.78, 5) is 170. The predicted octanol–water partition coefficient (Wildman–Crippen LogP) is 19.7. The largest absolute Gasteiger partial charge is 0.465 e. The smallest absolute Gasteiger partial charge is 0.312 e. The summed E-state index contributed by atoms with van der Waals surface area (Å²) in [5.74, 6) is 11.1. The zero-order chi connectivity index (χ0) is 106. The Balaban J connectivity index is 0.000000109. The number of hydrogen-bond acceptors (Lipinski definition) is 28. The van der Waals surface area contributed by atoms with Gasteiger partial charge in [0.15, 0.2) is 0 Å². The highest BCUT2D eigenvalue weighted by atomic mass is 16.6. The molecule has 0 aromatic carbocycles. The van der Waals surface area contributed by atoms with Gasteiger partial charge in [0.05, 0.1) is 125 Å². The van der Waals surface area contributed by atoms with Gasteiger partial charge < -0.3 is 66.3 Å². The minimum Gasteiger partial charge on any atom is -0.465 e. The summed E-state index contributed by atoms with van der Waals surface area (Å²) < 4.78 is 77.5. The van der Waals surface area contributed by atoms with Gasteiger partial charge in [-0.25, -0.2) is 0 Å². The van der Waals surface area contributed by atoms with E-state index in [1.165, 1.54) is 25.7 Å². The SMILES string of the molecule is CCC(C)(C)C(=O)OC1CC2CC1C1(CCOC1=O)C2.CCC(C)(C)C(=O)OC1CC2CC1C1(COC(=O)C1)C2.CCC(C)(C)C(=O)OC1CC2CC1C1C2C2CC1C1(CCOC1=O)C2.CCC(C)(C)C(=O)OC1CC2CC1C1C3CC(C21)C1(CCOC1=O)C3.CCC(C)(C)C(=O)OC1CC2CC1CC21CCOC1=O.CCC(C)(C)C(=O)OC1CC2CC1CC21COC(=O)C1.CCC(C)C(=O)OC1CC2CC1C1C(=O)OCC21. The van der Waals surface area contributed by atoms with Gasteiger partial charge in [-0.05, 0) is 407 Å². The lowest BCUT2D eigenvalue weighted by Gasteiger charge is -2.44. The van der Waals surface area contributed by atoms with Crippen LogP contribution < -0.4 is 0 Å². The van der Waals surface area contributed by atoms with Crippen molar-refractivity contribution in [2.75, 3.05) is 46.2 Å². The molecule has 18 aliphatic carbocycles. The summed E-state index contributed by atoms with van der Waals surface area (Å²) >= 11 is 0. The third kappa shape index (κ3) is 18.8. The highest BCUT2D eigenvalue weighted by Gasteiger charge is 2.76. The molecule has 0 radical (unpaired) electrons. The lowest BCUT2D eigenvalue weighted by atomic mass is 9.60. The molecular weight excluding hydrogens is 1890 g/mol. The van der Waals surface area contributed by atoms with Crippen molar-refractivity contribution in [1.82, 2.24) is 0 Å². The van der Waals surface area contributed by atoms with Crippen LogP contribution in [0.25, 0.3) is 0 Å². The molecule has 7 heterocycles. The number of cyclic esters (lactones) is 7. The Morgan fingerprint density at radius 1 is 0.304 bits per heavy atom. The van der Waals surface area contributed by atoms with Gasteiger partial charge >= 0.3 is 83.6 Å². The van der Waals surface area contributed by atoms with Crippen molar-refractivity contribution in [2.24, 2.45) is 213 Å². The molecule has 38 atom stereocenters. The maximum atomic E-state index is 12.6. The number of carbonyl (C=O) groups excluding carboxylic acids is 14. The fraction of sp³-hybridized carbons (Fsp3) is 0.883. The fourth-order valence-corrected chi connectivity index (χ4v) is 35.2. The van der Waals surface area contributed by atoms with Crippen LogP contribution in [0.1, 0.15) is 363 Å². The number of esters is 14. The molecule has 7 aliphatic heterocycles. The molecule has 0 amide bonds. The van der Waals surface area contributed by atoms with Gasteiger partial charge in [0.25, 0.3) is 0 Å². The van der Waals surface area contributed by atoms with E-state index in [-0.39, 0.29) is 188 Å². The molecule has 0 N–H and O–H groups in total. The fourth-order valence-electron chi connectivity index (χ4n) is 35.2. The molecule has 25 fully saturated rings. The third-order valence-corrected chi connectivity index (χ3v) is 46.2. The molecule has 18 bridgehead atoms. The van der Waals surface area contributed by atoms with E-state index in [2.05, 4.69) is 0 Å². The minimum absolute atomic E-state index is 0.00140. The molecular formula is C120H176O28. The number of rotatable bonds is 21. The van der Waals surface area contributed by atoms with Crippen LogP contribution in [0.5, 0.6) is 0 Å². The predicted molar refractivity (Wildman–Crippen MR) is 537 cm³/mol. The Bertz CT molecular complexity index is 5120. The van der Waals surface area contributed by atoms with Crippen LogP contribution in [-0.2, 0) is 133 Å². The molecule has 38 unspecified atom stereocenters. The van der Waals surface area contributed by atoms with Gasteiger partial charge in [-0.1, -0.05) is 55.4 Å². The first kappa shape index (κ1) is 109. The number of carbonyl (C=O) groups is 14. The maximum absolute atomic E-state index is 12.6. The van der Waals surface area contributed by atoms with Gasteiger partial charge in [-0.3, -0.25) is 67.1 Å². The van der Waals surface area contributed by atoms with E-state index in [0.717, 1.165) is 192 Å². The van der Waals surface area contributed by atoms with E-state index in [1.54, 1.807) is 0 Å². The first-order valence-electron chi connectivity index (χ1n) is 58.5. The average molecular weight is 2070 g/mol. The van der Waals surface area contributed by atoms with E-state index in [1.807, 2.05) is 138 Å². The topological polar surface area (TPSA) is 368 Å². The van der Waals surface area contributed by atoms with Gasteiger partial charge in [-0.15, -0.1) is 0 Å². The normalized spacial score (nSPS) is 43.2. The number of fused-ring (bicyclic) bond motifs is 37. The van der Waals surface area contributed by atoms with Gasteiger partial charge in [0.2, 0.25) is 0 Å². The van der Waals surface area contributed by atoms with Crippen molar-refractivity contribution in [3.05, 3.63) is 0 Å². The standard InChI is InChI=1S/2C21H30O4.4C16H24O4.C14H20O4/c1-4-20(2,3)18(22)25-15-9-11-7-13(15)16-12-8-14(17(11)16)21(10-12)5-6-24-19(21)23;1-4-20(2,3)18(22)25-15-9-11-7-13(15)17-14-8-12(16(11)17)10-21(14)5-6-24-19(21)23;1-4-15(2,3)14(18)20-12-6-11-5-10(12)7-16(11)8-13(17)19-9-16;1-4-15(2,3)14(18)20-12-6-10-5-11(12)16(7-10)8-13(17)19-9-16;1-4-15(2,3)13(17)20-12-8-11-7-10(12)9-16(11)5-6-19-14(16)18;1-4-15(2,3)13(17)20-12-8-10-7-11(12)16(9-10)5-6-19-14(16)18;1-3-7(2)13(15)18-11-5-8-4-9(11)12-10(8)6-17-14(12)16/h2*11-17H,4-10H2,1-3H3;4*10-12H,4-9H2,1-3H3;7-12H,3-6H2,1-2H3. The molecule has 148 heavy (non-hydrogen) atoms. The van der Waals surface area contributed by atoms with Crippen LogP contribution in [0.15, 0.2) is 0 Å². The Kier molecular flexibility index (Phi) is 29.5. The van der Waals surface area contributed by atoms with Gasteiger partial charge in [-0.2, -0.15) is 0 Å². The lowest BCUT2D eigenvalue weighted by molar-refractivity contribution is -0.169. The zero-order valence-corrected chi connectivity index (χ0v) is 92.6. The van der Waals surface area contributed by atoms with E-state index < -0.39 is 27.1 Å². The first-order valence-corrected chi connectivity index (χ1v) is 58.5. The Morgan fingerprint density at radius 2 is 0.676 bits per heavy atom. The lowest BCUT2D eigenvalue weighted by Crippen LogP contribution is -2.46. The van der Waals surface area contributed by atoms with Crippen LogP contribution in [-0.4, -0.2) is 173 Å². The second-order valence-corrected chi connectivity index (χ2v) is 55.9. The molecule has 18 saturated carbocycles. The molecule has 0 aromatic rings. The van der Waals surface area contributed by atoms with Crippen molar-refractivity contribution < 1.29 is 133 Å². The van der Waals surface area contributed by atoms with Gasteiger partial charge in [0, 0.05) is 34.5 Å². The van der Waals surface area contributed by atoms with E-state index in [4.69, 9.17) is 66.3 Å². The van der Waals surface area contributed by atoms with Crippen LogP contribution in [0.3, 0.4) is 0 Å². The maximum Gasteiger partial charge on any atom is 0.312 e. The minimum atomic E-state index is -0.439. The third-order valence-electron chi connectivity index (χ3n) is 46.2. The van der Waals surface area contributed by atoms with Crippen LogP contribution >= 0.6 is 0 Å². The van der Waals surface area contributed by atoms with E-state index >= 15 is 0 Å². The Morgan fingerprint density at radius 3 is 1.09 bits per heavy atom. The molecule has 7 saturated heterocycles. The Labute approximate surface area is 877 Å². The van der Waals surface area contributed by atoms with Crippen molar-refractivity contribution in [3.63, 3.8) is 0 Å². The molecule has 0 aromatic heterocycles. The molecule has 6 spiro atoms. The molecule has 28 nitrogen and oxygen atoms in total. The summed E-state index contributed by atoms with van der Waals surface area (Å²) in [5.41, 5.74) is -3.34. The summed E-state index contributed by atoms with van der Waals surface area (Å²) in [6.45, 7) is 43.4. The van der Waals surface area contributed by atoms with Crippen LogP contribution in [0.2, 0.25) is 0 Å². The van der Waals surface area contributed by atoms with Crippen molar-refractivity contribution in [3.8, 4) is 0 Å². The highest BCUT2D eigenvalue weighted by molar-refractivity contribution is 5.84. The van der Waals surface area contributed by atoms with Crippen molar-refractivity contribution in [2.45, 2.75) is 406 Å². The molecule has 25 rings (SSSR count). The van der Waals surface area contributed by atoms with E-state index in [9.17, 15) is 67.1 Å². The summed E-state index contributed by atoms with van der Waals surface area (Å²) in [7, 11) is 0. The molecule has 25 aliphatic rings. The highest BCUT2D eigenvalue weighted by Crippen LogP contribution is 2.77. The van der Waals surface area contributed by atoms with Crippen molar-refractivity contribution >= 4 is 83.6 Å². The molecule has 28 heteroatoms. The summed E-state index contributed by atoms with van der Waals surface area (Å²) in [5, 5.41) is 0.